The first-order chi connectivity index (χ1) is 16.3. The first-order valence-electron chi connectivity index (χ1n) is 11.1. The van der Waals surface area contributed by atoms with Crippen LogP contribution in [-0.2, 0) is 14.8 Å². The van der Waals surface area contributed by atoms with Crippen molar-refractivity contribution in [2.45, 2.75) is 17.9 Å². The number of amides is 1. The van der Waals surface area contributed by atoms with E-state index in [2.05, 4.69) is 5.32 Å². The topological polar surface area (TPSA) is 86.8 Å². The summed E-state index contributed by atoms with van der Waals surface area (Å²) >= 11 is 1.60. The summed E-state index contributed by atoms with van der Waals surface area (Å²) in [6.07, 6.45) is 0. The number of carbonyl (C=O) groups is 2. The van der Waals surface area contributed by atoms with Crippen LogP contribution in [0.3, 0.4) is 0 Å². The zero-order valence-corrected chi connectivity index (χ0v) is 20.5. The third-order valence-corrected chi connectivity index (χ3v) is 8.71. The molecule has 0 bridgehead atoms. The van der Waals surface area contributed by atoms with E-state index in [0.29, 0.717) is 31.7 Å². The Kier molecular flexibility index (Phi) is 7.57. The summed E-state index contributed by atoms with van der Waals surface area (Å²) in [5.41, 5.74) is 1.50. The van der Waals surface area contributed by atoms with Crippen molar-refractivity contribution in [3.63, 3.8) is 0 Å². The highest BCUT2D eigenvalue weighted by molar-refractivity contribution is 7.89. The number of sulfonamides is 1. The molecule has 1 aliphatic heterocycles. The second kappa shape index (κ2) is 10.6. The number of rotatable bonds is 8. The molecule has 7 nitrogen and oxygen atoms in total. The van der Waals surface area contributed by atoms with Crippen molar-refractivity contribution < 1.29 is 18.0 Å². The maximum atomic E-state index is 13.0. The molecule has 1 N–H and O–H groups in total. The van der Waals surface area contributed by atoms with E-state index in [4.69, 9.17) is 0 Å². The van der Waals surface area contributed by atoms with Crippen molar-refractivity contribution in [1.82, 2.24) is 14.5 Å². The monoisotopic (exact) mass is 497 g/mol. The molecule has 1 atom stereocenters. The highest BCUT2D eigenvalue weighted by Crippen LogP contribution is 2.26. The molecule has 1 saturated heterocycles. The van der Waals surface area contributed by atoms with Crippen molar-refractivity contribution in [3.8, 4) is 0 Å². The minimum absolute atomic E-state index is 0.0987. The van der Waals surface area contributed by atoms with Crippen LogP contribution in [0.1, 0.15) is 33.8 Å². The van der Waals surface area contributed by atoms with Crippen LogP contribution >= 0.6 is 11.3 Å². The van der Waals surface area contributed by atoms with Crippen LogP contribution in [0.4, 0.5) is 0 Å². The molecule has 3 aromatic rings. The lowest BCUT2D eigenvalue weighted by Gasteiger charge is -2.33. The van der Waals surface area contributed by atoms with Gasteiger partial charge < -0.3 is 5.32 Å². The standard InChI is InChI=1S/C25H27N3O4S2/c1-19(29)20-9-11-22(12-10-20)34(31,32)28-15-13-27(14-16-28)18-24(30)26-25(23-8-5-17-33-23)21-6-3-2-4-7-21/h2-12,17,25H,13-16,18H2,1H3,(H,26,30)/t25-/m1/s1. The zero-order chi connectivity index (χ0) is 24.1. The van der Waals surface area contributed by atoms with Gasteiger partial charge in [0, 0.05) is 36.6 Å². The molecule has 1 aromatic heterocycles. The van der Waals surface area contributed by atoms with Crippen molar-refractivity contribution >= 4 is 33.1 Å². The zero-order valence-electron chi connectivity index (χ0n) is 18.9. The number of carbonyl (C=O) groups excluding carboxylic acids is 2. The molecule has 0 aliphatic carbocycles. The Balaban J connectivity index is 1.35. The summed E-state index contributed by atoms with van der Waals surface area (Å²) in [6.45, 7) is 3.19. The fourth-order valence-corrected chi connectivity index (χ4v) is 6.19. The molecule has 1 fully saturated rings. The lowest BCUT2D eigenvalue weighted by Crippen LogP contribution is -2.51. The fraction of sp³-hybridized carbons (Fsp3) is 0.280. The van der Waals surface area contributed by atoms with Gasteiger partial charge in [-0.3, -0.25) is 14.5 Å². The van der Waals surface area contributed by atoms with E-state index in [9.17, 15) is 18.0 Å². The van der Waals surface area contributed by atoms with Gasteiger partial charge in [0.25, 0.3) is 0 Å². The highest BCUT2D eigenvalue weighted by atomic mass is 32.2. The second-order valence-electron chi connectivity index (χ2n) is 8.19. The van der Waals surface area contributed by atoms with Gasteiger partial charge >= 0.3 is 0 Å². The van der Waals surface area contributed by atoms with Gasteiger partial charge in [0.15, 0.2) is 5.78 Å². The molecule has 0 spiro atoms. The number of Topliss-reactive ketones (excluding diaryl/α,β-unsaturated/α-hetero) is 1. The van der Waals surface area contributed by atoms with E-state index >= 15 is 0 Å². The molecule has 2 aromatic carbocycles. The second-order valence-corrected chi connectivity index (χ2v) is 11.1. The summed E-state index contributed by atoms with van der Waals surface area (Å²) in [5.74, 6) is -0.206. The van der Waals surface area contributed by atoms with Gasteiger partial charge in [-0.15, -0.1) is 11.3 Å². The SMILES string of the molecule is CC(=O)c1ccc(S(=O)(=O)N2CCN(CC(=O)N[C@H](c3ccccc3)c3cccs3)CC2)cc1. The summed E-state index contributed by atoms with van der Waals surface area (Å²) < 4.78 is 27.4. The van der Waals surface area contributed by atoms with Crippen LogP contribution in [0.5, 0.6) is 0 Å². The smallest absolute Gasteiger partial charge is 0.243 e. The highest BCUT2D eigenvalue weighted by Gasteiger charge is 2.29. The maximum Gasteiger partial charge on any atom is 0.243 e. The Bertz CT molecular complexity index is 1220. The van der Waals surface area contributed by atoms with Crippen molar-refractivity contribution in [2.24, 2.45) is 0 Å². The summed E-state index contributed by atoms with van der Waals surface area (Å²) in [6, 6.07) is 19.6. The number of hydrogen-bond donors (Lipinski definition) is 1. The van der Waals surface area contributed by atoms with E-state index in [1.165, 1.54) is 35.5 Å². The minimum atomic E-state index is -3.64. The third-order valence-electron chi connectivity index (χ3n) is 5.86. The Labute approximate surface area is 204 Å². The van der Waals surface area contributed by atoms with Crippen LogP contribution in [0.25, 0.3) is 0 Å². The predicted molar refractivity (Wildman–Crippen MR) is 132 cm³/mol. The van der Waals surface area contributed by atoms with Crippen molar-refractivity contribution in [3.05, 3.63) is 88.1 Å². The molecule has 34 heavy (non-hydrogen) atoms. The number of ketones is 1. The molecule has 0 saturated carbocycles. The number of nitrogens with zero attached hydrogens (tertiary/aromatic N) is 2. The average Bonchev–Trinajstić information content (AvgIpc) is 3.38. The maximum absolute atomic E-state index is 13.0. The Morgan fingerprint density at radius 2 is 1.62 bits per heavy atom. The van der Waals surface area contributed by atoms with E-state index in [1.807, 2.05) is 52.7 Å². The van der Waals surface area contributed by atoms with Crippen LogP contribution in [0, 0.1) is 0 Å². The lowest BCUT2D eigenvalue weighted by atomic mass is 10.1. The molecule has 2 heterocycles. The fourth-order valence-electron chi connectivity index (χ4n) is 3.97. The van der Waals surface area contributed by atoms with Crippen LogP contribution in [-0.4, -0.2) is 62.0 Å². The summed E-state index contributed by atoms with van der Waals surface area (Å²) in [5, 5.41) is 5.13. The van der Waals surface area contributed by atoms with Gasteiger partial charge in [0.2, 0.25) is 15.9 Å². The predicted octanol–water partition coefficient (Wildman–Crippen LogP) is 3.16. The summed E-state index contributed by atoms with van der Waals surface area (Å²) in [7, 11) is -3.64. The van der Waals surface area contributed by atoms with Crippen LogP contribution in [0.2, 0.25) is 0 Å². The molecule has 178 valence electrons. The van der Waals surface area contributed by atoms with Crippen molar-refractivity contribution in [2.75, 3.05) is 32.7 Å². The third kappa shape index (κ3) is 5.61. The lowest BCUT2D eigenvalue weighted by molar-refractivity contribution is -0.123. The molecule has 0 unspecified atom stereocenters. The molecule has 4 rings (SSSR count). The van der Waals surface area contributed by atoms with E-state index in [0.717, 1.165) is 10.4 Å². The number of piperazine rings is 1. The molecule has 1 aliphatic rings. The Morgan fingerprint density at radius 3 is 2.21 bits per heavy atom. The number of nitrogens with one attached hydrogen (secondary N) is 1. The first-order valence-corrected chi connectivity index (χ1v) is 13.4. The van der Waals surface area contributed by atoms with Crippen molar-refractivity contribution in [1.29, 1.82) is 0 Å². The van der Waals surface area contributed by atoms with E-state index < -0.39 is 10.0 Å². The minimum Gasteiger partial charge on any atom is -0.343 e. The van der Waals surface area contributed by atoms with Gasteiger partial charge in [-0.05, 0) is 36.1 Å². The number of hydrogen-bond acceptors (Lipinski definition) is 6. The Hall–Kier alpha value is -2.85. The van der Waals surface area contributed by atoms with Gasteiger partial charge in [-0.25, -0.2) is 8.42 Å². The number of benzene rings is 2. The largest absolute Gasteiger partial charge is 0.343 e. The normalized spacial score (nSPS) is 16.1. The van der Waals surface area contributed by atoms with E-state index in [-0.39, 0.29) is 29.2 Å². The Morgan fingerprint density at radius 1 is 0.941 bits per heavy atom. The van der Waals surface area contributed by atoms with Gasteiger partial charge in [0.1, 0.15) is 0 Å². The quantitative estimate of drug-likeness (QED) is 0.483. The van der Waals surface area contributed by atoms with Gasteiger partial charge in [-0.1, -0.05) is 48.5 Å². The summed E-state index contributed by atoms with van der Waals surface area (Å²) in [4.78, 5) is 27.5. The molecular formula is C25H27N3O4S2. The number of thiophene rings is 1. The first kappa shape index (κ1) is 24.3. The molecule has 1 amide bonds. The van der Waals surface area contributed by atoms with Gasteiger partial charge in [0.05, 0.1) is 17.5 Å². The molecule has 0 radical (unpaired) electrons. The molecule has 9 heteroatoms. The molecular weight excluding hydrogens is 470 g/mol. The average molecular weight is 498 g/mol. The van der Waals surface area contributed by atoms with Gasteiger partial charge in [-0.2, -0.15) is 4.31 Å². The van der Waals surface area contributed by atoms with Crippen LogP contribution in [0.15, 0.2) is 77.0 Å². The van der Waals surface area contributed by atoms with Crippen LogP contribution < -0.4 is 5.32 Å². The van der Waals surface area contributed by atoms with E-state index in [1.54, 1.807) is 11.3 Å².